The summed E-state index contributed by atoms with van der Waals surface area (Å²) in [6.07, 6.45) is 0.295. The van der Waals surface area contributed by atoms with Crippen LogP contribution in [0.15, 0.2) is 34.8 Å². The molecule has 0 aliphatic rings. The number of hydrogen-bond acceptors (Lipinski definition) is 5. The Balaban J connectivity index is 2.01. The third-order valence-corrected chi connectivity index (χ3v) is 4.40. The maximum Gasteiger partial charge on any atom is 0.310 e. The zero-order valence-electron chi connectivity index (χ0n) is 11.4. The van der Waals surface area contributed by atoms with Gasteiger partial charge in [-0.25, -0.2) is 0 Å². The molecule has 0 radical (unpaired) electrons. The van der Waals surface area contributed by atoms with Crippen LogP contribution in [-0.2, 0) is 22.5 Å². The maximum absolute atomic E-state index is 11.2. The zero-order chi connectivity index (χ0) is 15.2. The Morgan fingerprint density at radius 3 is 2.86 bits per heavy atom. The van der Waals surface area contributed by atoms with E-state index in [4.69, 9.17) is 5.26 Å². The number of thiophene rings is 1. The van der Waals surface area contributed by atoms with Crippen molar-refractivity contribution in [3.05, 3.63) is 50.1 Å². The Labute approximate surface area is 135 Å². The molecular weight excluding hydrogens is 352 g/mol. The van der Waals surface area contributed by atoms with E-state index in [1.165, 1.54) is 7.11 Å². The first-order chi connectivity index (χ1) is 10.1. The number of carbonyl (C=O) groups is 1. The van der Waals surface area contributed by atoms with Crippen molar-refractivity contribution in [1.29, 1.82) is 5.26 Å². The predicted octanol–water partition coefficient (Wildman–Crippen LogP) is 3.71. The number of rotatable bonds is 5. The summed E-state index contributed by atoms with van der Waals surface area (Å²) in [5, 5.41) is 12.4. The molecule has 6 heteroatoms. The van der Waals surface area contributed by atoms with Gasteiger partial charge >= 0.3 is 5.97 Å². The van der Waals surface area contributed by atoms with Crippen LogP contribution in [0.3, 0.4) is 0 Å². The van der Waals surface area contributed by atoms with Crippen LogP contribution in [0.1, 0.15) is 15.3 Å². The number of nitriles is 1. The summed E-state index contributed by atoms with van der Waals surface area (Å²) in [4.78, 5) is 13.3. The third-order valence-electron chi connectivity index (χ3n) is 2.82. The highest BCUT2D eigenvalue weighted by molar-refractivity contribution is 9.10. The molecule has 0 aliphatic heterocycles. The second-order valence-corrected chi connectivity index (χ2v) is 6.44. The summed E-state index contributed by atoms with van der Waals surface area (Å²) in [6, 6.07) is 11.6. The van der Waals surface area contributed by atoms with E-state index >= 15 is 0 Å². The van der Waals surface area contributed by atoms with Gasteiger partial charge in [-0.1, -0.05) is 15.9 Å². The third kappa shape index (κ3) is 4.31. The summed E-state index contributed by atoms with van der Waals surface area (Å²) >= 11 is 4.90. The molecule has 1 aromatic carbocycles. The highest BCUT2D eigenvalue weighted by Gasteiger charge is 2.07. The largest absolute Gasteiger partial charge is 0.469 e. The molecule has 0 saturated carbocycles. The van der Waals surface area contributed by atoms with Crippen molar-refractivity contribution in [2.75, 3.05) is 12.4 Å². The van der Waals surface area contributed by atoms with Crippen LogP contribution in [0.4, 0.5) is 5.69 Å². The summed E-state index contributed by atoms with van der Waals surface area (Å²) < 4.78 is 5.52. The lowest BCUT2D eigenvalue weighted by Gasteiger charge is -2.07. The molecule has 2 rings (SSSR count). The molecule has 0 atom stereocenters. The highest BCUT2D eigenvalue weighted by atomic mass is 79.9. The molecular formula is C15H13BrN2O2S. The maximum atomic E-state index is 11.2. The first kappa shape index (κ1) is 15.5. The van der Waals surface area contributed by atoms with E-state index in [1.54, 1.807) is 17.4 Å². The quantitative estimate of drug-likeness (QED) is 0.821. The van der Waals surface area contributed by atoms with Crippen molar-refractivity contribution in [3.63, 3.8) is 0 Å². The standard InChI is InChI=1S/C15H13BrN2O2S/c1-20-15(19)7-12-3-4-13(21-12)9-18-14-5-2-11(16)6-10(14)8-17/h2-6,18H,7,9H2,1H3. The van der Waals surface area contributed by atoms with Crippen LogP contribution in [0.5, 0.6) is 0 Å². The van der Waals surface area contributed by atoms with E-state index < -0.39 is 0 Å². The van der Waals surface area contributed by atoms with Crippen molar-refractivity contribution < 1.29 is 9.53 Å². The summed E-state index contributed by atoms with van der Waals surface area (Å²) in [7, 11) is 1.38. The Morgan fingerprint density at radius 1 is 1.38 bits per heavy atom. The molecule has 4 nitrogen and oxygen atoms in total. The summed E-state index contributed by atoms with van der Waals surface area (Å²) in [6.45, 7) is 0.613. The van der Waals surface area contributed by atoms with Gasteiger partial charge in [-0.05, 0) is 30.3 Å². The number of benzene rings is 1. The fourth-order valence-electron chi connectivity index (χ4n) is 1.77. The molecule has 108 valence electrons. The second kappa shape index (κ2) is 7.25. The Morgan fingerprint density at radius 2 is 2.14 bits per heavy atom. The predicted molar refractivity (Wildman–Crippen MR) is 86.2 cm³/mol. The topological polar surface area (TPSA) is 62.1 Å². The van der Waals surface area contributed by atoms with E-state index in [9.17, 15) is 4.79 Å². The van der Waals surface area contributed by atoms with Gasteiger partial charge in [0.25, 0.3) is 0 Å². The Hall–Kier alpha value is -1.84. The monoisotopic (exact) mass is 364 g/mol. The van der Waals surface area contributed by atoms with E-state index in [-0.39, 0.29) is 5.97 Å². The van der Waals surface area contributed by atoms with Gasteiger partial charge in [-0.2, -0.15) is 5.26 Å². The van der Waals surface area contributed by atoms with Gasteiger partial charge < -0.3 is 10.1 Å². The molecule has 0 saturated heterocycles. The van der Waals surface area contributed by atoms with Crippen LogP contribution < -0.4 is 5.32 Å². The number of nitrogens with zero attached hydrogens (tertiary/aromatic N) is 1. The number of esters is 1. The zero-order valence-corrected chi connectivity index (χ0v) is 13.8. The van der Waals surface area contributed by atoms with Crippen molar-refractivity contribution in [3.8, 4) is 6.07 Å². The summed E-state index contributed by atoms with van der Waals surface area (Å²) in [5.74, 6) is -0.240. The van der Waals surface area contributed by atoms with E-state index in [0.29, 0.717) is 18.5 Å². The van der Waals surface area contributed by atoms with Crippen molar-refractivity contribution in [1.82, 2.24) is 0 Å². The lowest BCUT2D eigenvalue weighted by molar-refractivity contribution is -0.139. The molecule has 0 bridgehead atoms. The van der Waals surface area contributed by atoms with Crippen molar-refractivity contribution >= 4 is 38.9 Å². The van der Waals surface area contributed by atoms with E-state index in [0.717, 1.165) is 19.9 Å². The number of anilines is 1. The highest BCUT2D eigenvalue weighted by Crippen LogP contribution is 2.23. The minimum atomic E-state index is -0.240. The average Bonchev–Trinajstić information content (AvgIpc) is 2.93. The normalized spacial score (nSPS) is 9.95. The van der Waals surface area contributed by atoms with Gasteiger partial charge in [0.15, 0.2) is 0 Å². The van der Waals surface area contributed by atoms with Gasteiger partial charge in [0.05, 0.1) is 24.8 Å². The molecule has 0 spiro atoms. The molecule has 0 aliphatic carbocycles. The molecule has 2 aromatic rings. The first-order valence-electron chi connectivity index (χ1n) is 6.20. The van der Waals surface area contributed by atoms with Gasteiger partial charge in [0.2, 0.25) is 0 Å². The molecule has 0 amide bonds. The number of halogens is 1. The van der Waals surface area contributed by atoms with Crippen LogP contribution in [0.25, 0.3) is 0 Å². The minimum Gasteiger partial charge on any atom is -0.469 e. The van der Waals surface area contributed by atoms with Crippen molar-refractivity contribution in [2.45, 2.75) is 13.0 Å². The Bertz CT molecular complexity index is 691. The fraction of sp³-hybridized carbons (Fsp3) is 0.200. The molecule has 1 N–H and O–H groups in total. The fourth-order valence-corrected chi connectivity index (χ4v) is 3.08. The van der Waals surface area contributed by atoms with Crippen LogP contribution in [0, 0.1) is 11.3 Å². The molecule has 1 heterocycles. The van der Waals surface area contributed by atoms with E-state index in [2.05, 4.69) is 32.1 Å². The van der Waals surface area contributed by atoms with Crippen LogP contribution >= 0.6 is 27.3 Å². The van der Waals surface area contributed by atoms with Crippen molar-refractivity contribution in [2.24, 2.45) is 0 Å². The SMILES string of the molecule is COC(=O)Cc1ccc(CNc2ccc(Br)cc2C#N)s1. The lowest BCUT2D eigenvalue weighted by Crippen LogP contribution is -2.02. The molecule has 0 unspecified atom stereocenters. The Kier molecular flexibility index (Phi) is 5.37. The first-order valence-corrected chi connectivity index (χ1v) is 7.81. The van der Waals surface area contributed by atoms with Crippen LogP contribution in [-0.4, -0.2) is 13.1 Å². The second-order valence-electron chi connectivity index (χ2n) is 4.28. The lowest BCUT2D eigenvalue weighted by atomic mass is 10.2. The minimum absolute atomic E-state index is 0.240. The van der Waals surface area contributed by atoms with E-state index in [1.807, 2.05) is 24.3 Å². The number of hydrogen-bond donors (Lipinski definition) is 1. The van der Waals surface area contributed by atoms with Gasteiger partial charge in [-0.15, -0.1) is 11.3 Å². The summed E-state index contributed by atoms with van der Waals surface area (Å²) in [5.41, 5.74) is 1.39. The molecule has 0 fully saturated rings. The number of nitrogens with one attached hydrogen (secondary N) is 1. The number of ether oxygens (including phenoxy) is 1. The molecule has 21 heavy (non-hydrogen) atoms. The molecule has 1 aromatic heterocycles. The van der Waals surface area contributed by atoms with Gasteiger partial charge in [0.1, 0.15) is 6.07 Å². The average molecular weight is 365 g/mol. The van der Waals surface area contributed by atoms with Gasteiger partial charge in [-0.3, -0.25) is 4.79 Å². The van der Waals surface area contributed by atoms with Gasteiger partial charge in [0, 0.05) is 20.8 Å². The number of methoxy groups -OCH3 is 1. The number of carbonyl (C=O) groups excluding carboxylic acids is 1. The van der Waals surface area contributed by atoms with Crippen LogP contribution in [0.2, 0.25) is 0 Å². The smallest absolute Gasteiger partial charge is 0.310 e.